The minimum absolute atomic E-state index is 0.0195. The van der Waals surface area contributed by atoms with Crippen molar-refractivity contribution >= 4 is 5.65 Å². The first kappa shape index (κ1) is 14.8. The molecule has 0 unspecified atom stereocenters. The number of pyridine rings is 1. The summed E-state index contributed by atoms with van der Waals surface area (Å²) in [6.07, 6.45) is 3.27. The highest BCUT2D eigenvalue weighted by molar-refractivity contribution is 5.38. The number of hydrogen-bond donors (Lipinski definition) is 0. The van der Waals surface area contributed by atoms with Crippen molar-refractivity contribution in [3.05, 3.63) is 46.5 Å². The molecule has 2 aliphatic rings. The summed E-state index contributed by atoms with van der Waals surface area (Å²) in [6, 6.07) is 7.76. The Morgan fingerprint density at radius 1 is 1.43 bits per heavy atom. The SMILES string of the molecule is CN(Cc1cc(=O)n2ccccc2n1)[C@@H]1[C@H]2CCO[C@H]2C1(C)C. The van der Waals surface area contributed by atoms with E-state index in [0.29, 0.717) is 30.3 Å². The summed E-state index contributed by atoms with van der Waals surface area (Å²) >= 11 is 0. The van der Waals surface area contributed by atoms with Crippen LogP contribution >= 0.6 is 0 Å². The average Bonchev–Trinajstić information content (AvgIpc) is 2.93. The van der Waals surface area contributed by atoms with Gasteiger partial charge in [-0.3, -0.25) is 14.1 Å². The molecule has 2 aromatic heterocycles. The lowest BCUT2D eigenvalue weighted by molar-refractivity contribution is -0.151. The molecular formula is C18H23N3O2. The molecule has 2 fully saturated rings. The maximum absolute atomic E-state index is 12.2. The Balaban J connectivity index is 1.60. The monoisotopic (exact) mass is 313 g/mol. The third-order valence-electron chi connectivity index (χ3n) is 5.55. The van der Waals surface area contributed by atoms with Gasteiger partial charge in [-0.2, -0.15) is 0 Å². The molecule has 0 amide bonds. The third-order valence-corrected chi connectivity index (χ3v) is 5.55. The van der Waals surface area contributed by atoms with E-state index in [9.17, 15) is 4.79 Å². The average molecular weight is 313 g/mol. The van der Waals surface area contributed by atoms with Crippen molar-refractivity contribution in [1.82, 2.24) is 14.3 Å². The third kappa shape index (κ3) is 2.22. The quantitative estimate of drug-likeness (QED) is 0.869. The minimum Gasteiger partial charge on any atom is -0.377 e. The van der Waals surface area contributed by atoms with E-state index in [1.54, 1.807) is 16.7 Å². The van der Waals surface area contributed by atoms with Crippen LogP contribution in [0.4, 0.5) is 0 Å². The second-order valence-electron chi connectivity index (χ2n) is 7.44. The Labute approximate surface area is 135 Å². The Kier molecular flexibility index (Phi) is 3.32. The topological polar surface area (TPSA) is 46.8 Å². The lowest BCUT2D eigenvalue weighted by Gasteiger charge is -2.58. The van der Waals surface area contributed by atoms with Crippen LogP contribution < -0.4 is 5.56 Å². The zero-order valence-corrected chi connectivity index (χ0v) is 13.9. The van der Waals surface area contributed by atoms with E-state index in [-0.39, 0.29) is 11.0 Å². The van der Waals surface area contributed by atoms with Gasteiger partial charge >= 0.3 is 0 Å². The fourth-order valence-corrected chi connectivity index (χ4v) is 4.73. The molecule has 0 radical (unpaired) electrons. The van der Waals surface area contributed by atoms with Gasteiger partial charge in [0, 0.05) is 42.8 Å². The van der Waals surface area contributed by atoms with Crippen molar-refractivity contribution in [2.45, 2.75) is 39.0 Å². The molecule has 3 heterocycles. The van der Waals surface area contributed by atoms with Gasteiger partial charge in [0.15, 0.2) is 0 Å². The lowest BCUT2D eigenvalue weighted by Crippen LogP contribution is -2.65. The fourth-order valence-electron chi connectivity index (χ4n) is 4.73. The number of hydrogen-bond acceptors (Lipinski definition) is 4. The van der Waals surface area contributed by atoms with Gasteiger partial charge in [-0.1, -0.05) is 19.9 Å². The second kappa shape index (κ2) is 5.14. The van der Waals surface area contributed by atoms with Crippen molar-refractivity contribution in [2.75, 3.05) is 13.7 Å². The molecule has 5 heteroatoms. The highest BCUT2D eigenvalue weighted by atomic mass is 16.5. The predicted molar refractivity (Wildman–Crippen MR) is 88.3 cm³/mol. The standard InChI is InChI=1S/C18H23N3O2/c1-18(2)16(13-7-9-23-17(13)18)20(3)11-12-10-15(22)21-8-5-4-6-14(21)19-12/h4-6,8,10,13,16-17H,7,9,11H2,1-3H3/t13-,16-,17-/m1/s1. The molecule has 1 saturated heterocycles. The van der Waals surface area contributed by atoms with E-state index in [2.05, 4.69) is 30.8 Å². The van der Waals surface area contributed by atoms with Gasteiger partial charge in [0.05, 0.1) is 11.8 Å². The molecule has 2 aromatic rings. The molecular weight excluding hydrogens is 290 g/mol. The molecule has 0 spiro atoms. The number of aromatic nitrogens is 2. The fraction of sp³-hybridized carbons (Fsp3) is 0.556. The molecule has 122 valence electrons. The second-order valence-corrected chi connectivity index (χ2v) is 7.44. The van der Waals surface area contributed by atoms with Gasteiger partial charge in [-0.25, -0.2) is 4.98 Å². The Hall–Kier alpha value is -1.72. The highest BCUT2D eigenvalue weighted by Crippen LogP contribution is 2.54. The minimum atomic E-state index is -0.0195. The molecule has 1 aliphatic carbocycles. The Morgan fingerprint density at radius 2 is 2.26 bits per heavy atom. The van der Waals surface area contributed by atoms with E-state index in [0.717, 1.165) is 18.7 Å². The van der Waals surface area contributed by atoms with Gasteiger partial charge in [0.2, 0.25) is 0 Å². The van der Waals surface area contributed by atoms with Crippen LogP contribution in [0.5, 0.6) is 0 Å². The van der Waals surface area contributed by atoms with Gasteiger partial charge < -0.3 is 4.74 Å². The number of ether oxygens (including phenoxy) is 1. The van der Waals surface area contributed by atoms with Gasteiger partial charge in [-0.15, -0.1) is 0 Å². The molecule has 0 bridgehead atoms. The maximum atomic E-state index is 12.2. The summed E-state index contributed by atoms with van der Waals surface area (Å²) in [4.78, 5) is 19.2. The van der Waals surface area contributed by atoms with E-state index in [1.807, 2.05) is 18.2 Å². The van der Waals surface area contributed by atoms with E-state index < -0.39 is 0 Å². The molecule has 0 N–H and O–H groups in total. The molecule has 3 atom stereocenters. The summed E-state index contributed by atoms with van der Waals surface area (Å²) in [7, 11) is 2.13. The number of nitrogens with zero attached hydrogens (tertiary/aromatic N) is 3. The summed E-state index contributed by atoms with van der Waals surface area (Å²) < 4.78 is 7.46. The summed E-state index contributed by atoms with van der Waals surface area (Å²) in [5.41, 5.74) is 1.68. The van der Waals surface area contributed by atoms with E-state index in [1.165, 1.54) is 0 Å². The van der Waals surface area contributed by atoms with E-state index in [4.69, 9.17) is 4.74 Å². The normalized spacial score (nSPS) is 28.8. The van der Waals surface area contributed by atoms with Crippen LogP contribution in [0.3, 0.4) is 0 Å². The first-order valence-electron chi connectivity index (χ1n) is 8.27. The van der Waals surface area contributed by atoms with Crippen LogP contribution in [0.2, 0.25) is 0 Å². The number of fused-ring (bicyclic) bond motifs is 2. The molecule has 5 nitrogen and oxygen atoms in total. The first-order valence-corrected chi connectivity index (χ1v) is 8.27. The molecule has 0 aromatic carbocycles. The largest absolute Gasteiger partial charge is 0.377 e. The number of rotatable bonds is 3. The lowest BCUT2D eigenvalue weighted by atomic mass is 9.57. The van der Waals surface area contributed by atoms with Crippen molar-refractivity contribution in [1.29, 1.82) is 0 Å². The predicted octanol–water partition coefficient (Wildman–Crippen LogP) is 1.94. The van der Waals surface area contributed by atoms with Gasteiger partial charge in [0.25, 0.3) is 5.56 Å². The molecule has 1 aliphatic heterocycles. The van der Waals surface area contributed by atoms with Crippen LogP contribution in [-0.2, 0) is 11.3 Å². The highest BCUT2D eigenvalue weighted by Gasteiger charge is 2.60. The van der Waals surface area contributed by atoms with Crippen LogP contribution in [0, 0.1) is 11.3 Å². The van der Waals surface area contributed by atoms with Crippen molar-refractivity contribution < 1.29 is 4.74 Å². The molecule has 1 saturated carbocycles. The Morgan fingerprint density at radius 3 is 3.09 bits per heavy atom. The first-order chi connectivity index (χ1) is 11.0. The maximum Gasteiger partial charge on any atom is 0.258 e. The Bertz CT molecular complexity index is 798. The summed E-state index contributed by atoms with van der Waals surface area (Å²) in [6.45, 7) is 6.13. The zero-order valence-electron chi connectivity index (χ0n) is 13.9. The molecule has 4 rings (SSSR count). The van der Waals surface area contributed by atoms with Crippen LogP contribution in [0.15, 0.2) is 35.3 Å². The van der Waals surface area contributed by atoms with Gasteiger partial charge in [0.1, 0.15) is 5.65 Å². The smallest absolute Gasteiger partial charge is 0.258 e. The molecule has 23 heavy (non-hydrogen) atoms. The van der Waals surface area contributed by atoms with Crippen molar-refractivity contribution in [3.8, 4) is 0 Å². The van der Waals surface area contributed by atoms with Crippen molar-refractivity contribution in [2.24, 2.45) is 11.3 Å². The zero-order chi connectivity index (χ0) is 16.2. The van der Waals surface area contributed by atoms with Gasteiger partial charge in [-0.05, 0) is 25.6 Å². The van der Waals surface area contributed by atoms with E-state index >= 15 is 0 Å². The van der Waals surface area contributed by atoms with Crippen LogP contribution in [0.1, 0.15) is 26.0 Å². The van der Waals surface area contributed by atoms with Crippen molar-refractivity contribution in [3.63, 3.8) is 0 Å². The summed E-state index contributed by atoms with van der Waals surface area (Å²) in [5, 5.41) is 0. The summed E-state index contributed by atoms with van der Waals surface area (Å²) in [5.74, 6) is 0.608. The van der Waals surface area contributed by atoms with Crippen LogP contribution in [-0.4, -0.2) is 40.1 Å². The van der Waals surface area contributed by atoms with Crippen LogP contribution in [0.25, 0.3) is 5.65 Å².